The largest absolute Gasteiger partial charge is 0.416 e. The van der Waals surface area contributed by atoms with Gasteiger partial charge in [0.05, 0.1) is 36.7 Å². The van der Waals surface area contributed by atoms with Crippen LogP contribution in [0.1, 0.15) is 30.3 Å². The van der Waals surface area contributed by atoms with E-state index >= 15 is 0 Å². The fourth-order valence-electron chi connectivity index (χ4n) is 3.23. The van der Waals surface area contributed by atoms with Gasteiger partial charge in [0, 0.05) is 13.1 Å². The van der Waals surface area contributed by atoms with Gasteiger partial charge in [0.15, 0.2) is 0 Å². The predicted octanol–water partition coefficient (Wildman–Crippen LogP) is 3.88. The zero-order chi connectivity index (χ0) is 17.4. The Morgan fingerprint density at radius 1 is 1.20 bits per heavy atom. The van der Waals surface area contributed by atoms with Crippen molar-refractivity contribution in [3.8, 4) is 11.3 Å². The molecule has 1 atom stereocenters. The second kappa shape index (κ2) is 6.46. The molecule has 25 heavy (non-hydrogen) atoms. The summed E-state index contributed by atoms with van der Waals surface area (Å²) in [7, 11) is 0. The number of nitrogens with zero attached hydrogens (tertiary/aromatic N) is 2. The van der Waals surface area contributed by atoms with E-state index in [4.69, 9.17) is 4.74 Å². The number of nitrogens with one attached hydrogen (secondary N) is 1. The van der Waals surface area contributed by atoms with E-state index in [1.165, 1.54) is 25.0 Å². The van der Waals surface area contributed by atoms with Gasteiger partial charge in [-0.2, -0.15) is 13.2 Å². The van der Waals surface area contributed by atoms with Gasteiger partial charge in [-0.1, -0.05) is 12.1 Å². The first-order chi connectivity index (χ1) is 12.0. The SMILES string of the molecule is FC(F)(F)c1ccc(-c2cnc([C@@H]3COCCN3CC3CC3)[nH]2)cc1. The van der Waals surface area contributed by atoms with Crippen LogP contribution in [0, 0.1) is 5.92 Å². The monoisotopic (exact) mass is 351 g/mol. The smallest absolute Gasteiger partial charge is 0.378 e. The number of hydrogen-bond acceptors (Lipinski definition) is 3. The van der Waals surface area contributed by atoms with Gasteiger partial charge in [0.2, 0.25) is 0 Å². The van der Waals surface area contributed by atoms with E-state index in [9.17, 15) is 13.2 Å². The van der Waals surface area contributed by atoms with Crippen molar-refractivity contribution in [3.05, 3.63) is 41.9 Å². The third-order valence-electron chi connectivity index (χ3n) is 4.86. The second-order valence-corrected chi connectivity index (χ2v) is 6.79. The number of rotatable bonds is 4. The lowest BCUT2D eigenvalue weighted by molar-refractivity contribution is -0.137. The van der Waals surface area contributed by atoms with Crippen LogP contribution in [0.2, 0.25) is 0 Å². The van der Waals surface area contributed by atoms with E-state index in [0.717, 1.165) is 49.3 Å². The molecular formula is C18H20F3N3O. The first kappa shape index (κ1) is 16.6. The Hall–Kier alpha value is -1.86. The maximum Gasteiger partial charge on any atom is 0.416 e. The maximum absolute atomic E-state index is 12.7. The molecule has 1 N–H and O–H groups in total. The van der Waals surface area contributed by atoms with Gasteiger partial charge < -0.3 is 9.72 Å². The summed E-state index contributed by atoms with van der Waals surface area (Å²) in [5, 5.41) is 0. The van der Waals surface area contributed by atoms with Crippen LogP contribution in [0.25, 0.3) is 11.3 Å². The predicted molar refractivity (Wildman–Crippen MR) is 86.9 cm³/mol. The lowest BCUT2D eigenvalue weighted by Crippen LogP contribution is -2.41. The van der Waals surface area contributed by atoms with Crippen LogP contribution in [-0.2, 0) is 10.9 Å². The fourth-order valence-corrected chi connectivity index (χ4v) is 3.23. The Kier molecular flexibility index (Phi) is 4.29. The molecule has 4 rings (SSSR count). The molecule has 1 aliphatic carbocycles. The van der Waals surface area contributed by atoms with Crippen LogP contribution in [-0.4, -0.2) is 41.2 Å². The number of halogens is 3. The summed E-state index contributed by atoms with van der Waals surface area (Å²) in [6.45, 7) is 3.27. The van der Waals surface area contributed by atoms with E-state index < -0.39 is 11.7 Å². The highest BCUT2D eigenvalue weighted by Gasteiger charge is 2.32. The molecule has 1 saturated heterocycles. The van der Waals surface area contributed by atoms with Gasteiger partial charge in [-0.3, -0.25) is 4.90 Å². The third kappa shape index (κ3) is 3.72. The number of H-pyrrole nitrogens is 1. The molecule has 2 aromatic rings. The van der Waals surface area contributed by atoms with Gasteiger partial charge >= 0.3 is 6.18 Å². The zero-order valence-electron chi connectivity index (χ0n) is 13.7. The lowest BCUT2D eigenvalue weighted by atomic mass is 10.1. The molecule has 2 fully saturated rings. The van der Waals surface area contributed by atoms with Crippen LogP contribution in [0.4, 0.5) is 13.2 Å². The van der Waals surface area contributed by atoms with Crippen LogP contribution in [0.15, 0.2) is 30.5 Å². The Morgan fingerprint density at radius 2 is 1.96 bits per heavy atom. The third-order valence-corrected chi connectivity index (χ3v) is 4.86. The average molecular weight is 351 g/mol. The summed E-state index contributed by atoms with van der Waals surface area (Å²) in [5.74, 6) is 1.60. The summed E-state index contributed by atoms with van der Waals surface area (Å²) in [4.78, 5) is 10.1. The van der Waals surface area contributed by atoms with E-state index in [0.29, 0.717) is 12.2 Å². The van der Waals surface area contributed by atoms with E-state index in [-0.39, 0.29) is 6.04 Å². The molecule has 1 aromatic heterocycles. The average Bonchev–Trinajstić information content (AvgIpc) is 3.27. The van der Waals surface area contributed by atoms with Crippen LogP contribution < -0.4 is 0 Å². The summed E-state index contributed by atoms with van der Waals surface area (Å²) in [6, 6.07) is 5.22. The molecule has 1 aliphatic heterocycles. The van der Waals surface area contributed by atoms with Crippen molar-refractivity contribution in [1.29, 1.82) is 0 Å². The minimum atomic E-state index is -4.32. The number of benzene rings is 1. The fraction of sp³-hybridized carbons (Fsp3) is 0.500. The Labute approximate surface area is 144 Å². The number of alkyl halides is 3. The van der Waals surface area contributed by atoms with Crippen molar-refractivity contribution in [3.63, 3.8) is 0 Å². The molecule has 0 amide bonds. The molecule has 134 valence electrons. The number of hydrogen-bond donors (Lipinski definition) is 1. The van der Waals surface area contributed by atoms with Gasteiger partial charge in [-0.05, 0) is 36.5 Å². The molecular weight excluding hydrogens is 331 g/mol. The van der Waals surface area contributed by atoms with Gasteiger partial charge in [-0.15, -0.1) is 0 Å². The van der Waals surface area contributed by atoms with E-state index in [2.05, 4.69) is 14.9 Å². The number of ether oxygens (including phenoxy) is 1. The maximum atomic E-state index is 12.7. The number of imidazole rings is 1. The first-order valence-electron chi connectivity index (χ1n) is 8.55. The van der Waals surface area contributed by atoms with Crippen LogP contribution >= 0.6 is 0 Å². The normalized spacial score (nSPS) is 22.3. The van der Waals surface area contributed by atoms with Crippen LogP contribution in [0.5, 0.6) is 0 Å². The summed E-state index contributed by atoms with van der Waals surface area (Å²) in [5.41, 5.74) is 0.769. The molecule has 2 aliphatic rings. The summed E-state index contributed by atoms with van der Waals surface area (Å²) >= 11 is 0. The molecule has 7 heteroatoms. The lowest BCUT2D eigenvalue weighted by Gasteiger charge is -2.34. The summed E-state index contributed by atoms with van der Waals surface area (Å²) in [6.07, 6.45) is -0.0552. The van der Waals surface area contributed by atoms with E-state index in [1.807, 2.05) is 0 Å². The van der Waals surface area contributed by atoms with Crippen LogP contribution in [0.3, 0.4) is 0 Å². The topological polar surface area (TPSA) is 41.1 Å². The number of morpholine rings is 1. The molecule has 0 unspecified atom stereocenters. The Bertz CT molecular complexity index is 722. The minimum Gasteiger partial charge on any atom is -0.378 e. The Balaban J connectivity index is 1.52. The zero-order valence-corrected chi connectivity index (χ0v) is 13.7. The number of aromatic nitrogens is 2. The van der Waals surface area contributed by atoms with Crippen molar-refractivity contribution in [1.82, 2.24) is 14.9 Å². The van der Waals surface area contributed by atoms with Gasteiger partial charge in [0.25, 0.3) is 0 Å². The van der Waals surface area contributed by atoms with Gasteiger partial charge in [0.1, 0.15) is 5.82 Å². The van der Waals surface area contributed by atoms with Crippen molar-refractivity contribution < 1.29 is 17.9 Å². The highest BCUT2D eigenvalue weighted by atomic mass is 19.4. The Morgan fingerprint density at radius 3 is 2.64 bits per heavy atom. The molecule has 2 heterocycles. The first-order valence-corrected chi connectivity index (χ1v) is 8.55. The van der Waals surface area contributed by atoms with Gasteiger partial charge in [-0.25, -0.2) is 4.98 Å². The molecule has 0 bridgehead atoms. The van der Waals surface area contributed by atoms with E-state index in [1.54, 1.807) is 6.20 Å². The highest BCUT2D eigenvalue weighted by molar-refractivity contribution is 5.59. The molecule has 1 aromatic carbocycles. The molecule has 0 radical (unpaired) electrons. The second-order valence-electron chi connectivity index (χ2n) is 6.79. The molecule has 0 spiro atoms. The number of aromatic amines is 1. The molecule has 4 nitrogen and oxygen atoms in total. The molecule has 1 saturated carbocycles. The van der Waals surface area contributed by atoms with Crippen molar-refractivity contribution in [2.75, 3.05) is 26.3 Å². The highest BCUT2D eigenvalue weighted by Crippen LogP contribution is 2.34. The van der Waals surface area contributed by atoms with Crippen molar-refractivity contribution >= 4 is 0 Å². The quantitative estimate of drug-likeness (QED) is 0.909. The minimum absolute atomic E-state index is 0.0811. The standard InChI is InChI=1S/C18H20F3N3O/c19-18(20,21)14-5-3-13(4-6-14)15-9-22-17(23-15)16-11-25-8-7-24(16)10-12-1-2-12/h3-6,9,12,16H,1-2,7-8,10-11H2,(H,22,23)/t16-/m0/s1. The van der Waals surface area contributed by atoms with Crippen molar-refractivity contribution in [2.45, 2.75) is 25.1 Å². The summed E-state index contributed by atoms with van der Waals surface area (Å²) < 4.78 is 43.7. The van der Waals surface area contributed by atoms with Crippen molar-refractivity contribution in [2.24, 2.45) is 5.92 Å².